The van der Waals surface area contributed by atoms with Crippen molar-refractivity contribution in [3.63, 3.8) is 0 Å². The van der Waals surface area contributed by atoms with Crippen molar-refractivity contribution in [2.45, 2.75) is 24.3 Å². The lowest BCUT2D eigenvalue weighted by Crippen LogP contribution is -2.40. The summed E-state index contributed by atoms with van der Waals surface area (Å²) in [6, 6.07) is 14.0. The molecule has 0 saturated heterocycles. The van der Waals surface area contributed by atoms with E-state index < -0.39 is 15.6 Å². The number of ether oxygens (including phenoxy) is 1. The molecule has 2 aromatic rings. The summed E-state index contributed by atoms with van der Waals surface area (Å²) < 4.78 is 33.1. The summed E-state index contributed by atoms with van der Waals surface area (Å²) in [4.78, 5) is 0.238. The number of halogens is 1. The largest absolute Gasteiger partial charge is 0.372 e. The molecule has 1 atom stereocenters. The number of methoxy groups -OCH3 is 1. The maximum absolute atomic E-state index is 12.5. The van der Waals surface area contributed by atoms with Crippen LogP contribution in [0.5, 0.6) is 0 Å². The number of hydrogen-bond donors (Lipinski definition) is 1. The minimum Gasteiger partial charge on any atom is -0.372 e. The molecule has 0 fully saturated rings. The van der Waals surface area contributed by atoms with Crippen LogP contribution in [0.4, 0.5) is 0 Å². The molecule has 1 unspecified atom stereocenters. The van der Waals surface area contributed by atoms with Crippen LogP contribution in [0.25, 0.3) is 0 Å². The first-order valence-electron chi connectivity index (χ1n) is 7.14. The average Bonchev–Trinajstić information content (AvgIpc) is 2.53. The molecule has 0 aliphatic rings. The standard InChI is InChI=1S/C17H20ClNO3S/c1-13-6-4-9-16(10-13)23(20,21)19-12-17(2,22-3)14-7-5-8-15(18)11-14/h4-11,19H,12H2,1-3H3. The second-order valence-electron chi connectivity index (χ2n) is 5.59. The summed E-state index contributed by atoms with van der Waals surface area (Å²) in [5, 5.41) is 0.576. The SMILES string of the molecule is COC(C)(CNS(=O)(=O)c1cccc(C)c1)c1cccc(Cl)c1. The zero-order valence-electron chi connectivity index (χ0n) is 13.3. The van der Waals surface area contributed by atoms with Gasteiger partial charge in [0, 0.05) is 18.7 Å². The van der Waals surface area contributed by atoms with Crippen LogP contribution in [-0.2, 0) is 20.4 Å². The van der Waals surface area contributed by atoms with Gasteiger partial charge in [-0.3, -0.25) is 0 Å². The molecule has 2 rings (SSSR count). The van der Waals surface area contributed by atoms with Crippen LogP contribution in [0.1, 0.15) is 18.1 Å². The van der Waals surface area contributed by atoms with Gasteiger partial charge >= 0.3 is 0 Å². The summed E-state index contributed by atoms with van der Waals surface area (Å²) in [5.41, 5.74) is 0.874. The van der Waals surface area contributed by atoms with Gasteiger partial charge in [0.1, 0.15) is 5.60 Å². The Morgan fingerprint density at radius 3 is 2.48 bits per heavy atom. The van der Waals surface area contributed by atoms with E-state index in [-0.39, 0.29) is 11.4 Å². The fourth-order valence-corrected chi connectivity index (χ4v) is 3.63. The smallest absolute Gasteiger partial charge is 0.240 e. The Labute approximate surface area is 142 Å². The number of nitrogens with one attached hydrogen (secondary N) is 1. The fourth-order valence-electron chi connectivity index (χ4n) is 2.21. The second kappa shape index (κ2) is 7.01. The van der Waals surface area contributed by atoms with Gasteiger partial charge in [-0.15, -0.1) is 0 Å². The van der Waals surface area contributed by atoms with E-state index in [9.17, 15) is 8.42 Å². The van der Waals surface area contributed by atoms with Crippen LogP contribution in [-0.4, -0.2) is 22.1 Å². The zero-order chi connectivity index (χ0) is 17.1. The van der Waals surface area contributed by atoms with Crippen molar-refractivity contribution in [2.75, 3.05) is 13.7 Å². The quantitative estimate of drug-likeness (QED) is 0.864. The highest BCUT2D eigenvalue weighted by molar-refractivity contribution is 7.89. The summed E-state index contributed by atoms with van der Waals surface area (Å²) in [6.07, 6.45) is 0. The molecule has 23 heavy (non-hydrogen) atoms. The molecule has 0 heterocycles. The van der Waals surface area contributed by atoms with Crippen LogP contribution >= 0.6 is 11.6 Å². The van der Waals surface area contributed by atoms with Gasteiger partial charge in [-0.05, 0) is 49.2 Å². The number of sulfonamides is 1. The molecule has 0 saturated carbocycles. The Kier molecular flexibility index (Phi) is 5.47. The van der Waals surface area contributed by atoms with Gasteiger partial charge in [0.15, 0.2) is 0 Å². The van der Waals surface area contributed by atoms with E-state index in [1.807, 2.05) is 32.0 Å². The predicted molar refractivity (Wildman–Crippen MR) is 92.2 cm³/mol. The topological polar surface area (TPSA) is 55.4 Å². The third-order valence-corrected chi connectivity index (χ3v) is 5.42. The molecule has 0 amide bonds. The van der Waals surface area contributed by atoms with Gasteiger partial charge < -0.3 is 4.74 Å². The number of aryl methyl sites for hydroxylation is 1. The van der Waals surface area contributed by atoms with Gasteiger partial charge in [-0.25, -0.2) is 13.1 Å². The third kappa shape index (κ3) is 4.32. The second-order valence-corrected chi connectivity index (χ2v) is 7.79. The molecule has 0 radical (unpaired) electrons. The van der Waals surface area contributed by atoms with Crippen molar-refractivity contribution in [3.05, 3.63) is 64.7 Å². The first-order valence-corrected chi connectivity index (χ1v) is 9.00. The number of rotatable bonds is 6. The van der Waals surface area contributed by atoms with Crippen LogP contribution < -0.4 is 4.72 Å². The monoisotopic (exact) mass is 353 g/mol. The van der Waals surface area contributed by atoms with Gasteiger partial charge in [0.25, 0.3) is 0 Å². The van der Waals surface area contributed by atoms with Crippen LogP contribution in [0.3, 0.4) is 0 Å². The Balaban J connectivity index is 2.23. The van der Waals surface area contributed by atoms with Crippen molar-refractivity contribution in [1.29, 1.82) is 0 Å². The molecule has 2 aromatic carbocycles. The molecule has 0 aliphatic carbocycles. The maximum Gasteiger partial charge on any atom is 0.240 e. The van der Waals surface area contributed by atoms with Gasteiger partial charge in [0.05, 0.1) is 4.90 Å². The number of benzene rings is 2. The van der Waals surface area contributed by atoms with Gasteiger partial charge in [0.2, 0.25) is 10.0 Å². The zero-order valence-corrected chi connectivity index (χ0v) is 14.9. The fraction of sp³-hybridized carbons (Fsp3) is 0.294. The van der Waals surface area contributed by atoms with Crippen molar-refractivity contribution in [1.82, 2.24) is 4.72 Å². The minimum absolute atomic E-state index is 0.0973. The molecule has 6 heteroatoms. The molecular formula is C17H20ClNO3S. The molecular weight excluding hydrogens is 334 g/mol. The molecule has 0 aromatic heterocycles. The van der Waals surface area contributed by atoms with E-state index in [1.165, 1.54) is 0 Å². The van der Waals surface area contributed by atoms with Crippen LogP contribution in [0.15, 0.2) is 53.4 Å². The molecule has 0 aliphatic heterocycles. The lowest BCUT2D eigenvalue weighted by Gasteiger charge is -2.29. The Bertz CT molecular complexity index is 792. The van der Waals surface area contributed by atoms with E-state index >= 15 is 0 Å². The lowest BCUT2D eigenvalue weighted by molar-refractivity contribution is 0.00699. The van der Waals surface area contributed by atoms with E-state index in [2.05, 4.69) is 4.72 Å². The van der Waals surface area contributed by atoms with Crippen molar-refractivity contribution >= 4 is 21.6 Å². The van der Waals surface area contributed by atoms with E-state index in [1.54, 1.807) is 37.4 Å². The van der Waals surface area contributed by atoms with Crippen molar-refractivity contribution in [2.24, 2.45) is 0 Å². The highest BCUT2D eigenvalue weighted by Crippen LogP contribution is 2.26. The average molecular weight is 354 g/mol. The lowest BCUT2D eigenvalue weighted by atomic mass is 9.96. The summed E-state index contributed by atoms with van der Waals surface area (Å²) in [5.74, 6) is 0. The highest BCUT2D eigenvalue weighted by Gasteiger charge is 2.29. The summed E-state index contributed by atoms with van der Waals surface area (Å²) >= 11 is 6.02. The third-order valence-electron chi connectivity index (χ3n) is 3.79. The maximum atomic E-state index is 12.5. The highest BCUT2D eigenvalue weighted by atomic mass is 35.5. The van der Waals surface area contributed by atoms with E-state index in [4.69, 9.17) is 16.3 Å². The number of hydrogen-bond acceptors (Lipinski definition) is 3. The molecule has 1 N–H and O–H groups in total. The molecule has 124 valence electrons. The summed E-state index contributed by atoms with van der Waals surface area (Å²) in [6.45, 7) is 3.77. The van der Waals surface area contributed by atoms with E-state index in [0.29, 0.717) is 5.02 Å². The Morgan fingerprint density at radius 1 is 1.17 bits per heavy atom. The molecule has 4 nitrogen and oxygen atoms in total. The first kappa shape index (κ1) is 17.9. The Hall–Kier alpha value is -1.40. The van der Waals surface area contributed by atoms with Crippen LogP contribution in [0.2, 0.25) is 5.02 Å². The van der Waals surface area contributed by atoms with Gasteiger partial charge in [-0.2, -0.15) is 0 Å². The van der Waals surface area contributed by atoms with E-state index in [0.717, 1.165) is 11.1 Å². The van der Waals surface area contributed by atoms with Crippen molar-refractivity contribution in [3.8, 4) is 0 Å². The van der Waals surface area contributed by atoms with Crippen molar-refractivity contribution < 1.29 is 13.2 Å². The normalized spacial score (nSPS) is 14.4. The molecule has 0 spiro atoms. The molecule has 0 bridgehead atoms. The Morgan fingerprint density at radius 2 is 1.87 bits per heavy atom. The first-order chi connectivity index (χ1) is 10.8. The van der Waals surface area contributed by atoms with Crippen LogP contribution in [0, 0.1) is 6.92 Å². The predicted octanol–water partition coefficient (Wildman–Crippen LogP) is 3.49. The summed E-state index contributed by atoms with van der Waals surface area (Å²) in [7, 11) is -2.06. The van der Waals surface area contributed by atoms with Gasteiger partial charge in [-0.1, -0.05) is 35.9 Å². The minimum atomic E-state index is -3.61.